The first-order valence-corrected chi connectivity index (χ1v) is 8.82. The van der Waals surface area contributed by atoms with E-state index in [1.807, 2.05) is 31.2 Å². The molecule has 2 atom stereocenters. The second-order valence-corrected chi connectivity index (χ2v) is 6.54. The van der Waals surface area contributed by atoms with Crippen molar-refractivity contribution in [2.75, 3.05) is 11.9 Å². The Labute approximate surface area is 146 Å². The van der Waals surface area contributed by atoms with Crippen molar-refractivity contribution in [2.45, 2.75) is 32.6 Å². The number of aromatic amines is 1. The Balaban J connectivity index is 1.81. The van der Waals surface area contributed by atoms with E-state index in [1.54, 1.807) is 0 Å². The van der Waals surface area contributed by atoms with Crippen LogP contribution in [-0.2, 0) is 11.2 Å². The number of H-pyrrole nitrogens is 1. The number of anilines is 1. The van der Waals surface area contributed by atoms with Crippen molar-refractivity contribution in [2.24, 2.45) is 17.6 Å². The minimum atomic E-state index is -0.173. The van der Waals surface area contributed by atoms with E-state index in [-0.39, 0.29) is 23.3 Å². The van der Waals surface area contributed by atoms with Crippen LogP contribution in [0.1, 0.15) is 31.9 Å². The summed E-state index contributed by atoms with van der Waals surface area (Å²) in [6, 6.07) is 8.89. The summed E-state index contributed by atoms with van der Waals surface area (Å²) in [6.45, 7) is 2.50. The predicted molar refractivity (Wildman–Crippen MR) is 98.2 cm³/mol. The molecule has 25 heavy (non-hydrogen) atoms. The standard InChI is InChI=1S/C19H24N4O2/c1-2-14-10-17(24)23-18(21-14)12-5-3-7-15(9-12)22-19(25)16-8-4-6-13(16)11-20/h3,5,7,9-10,13,16H,2,4,6,8,11,20H2,1H3,(H,22,25)(H,21,23,24)/t13-,16-/m1/s1. The van der Waals surface area contributed by atoms with Gasteiger partial charge in [0.15, 0.2) is 0 Å². The molecule has 4 N–H and O–H groups in total. The molecule has 0 radical (unpaired) electrons. The van der Waals surface area contributed by atoms with Gasteiger partial charge in [0, 0.05) is 28.9 Å². The first kappa shape index (κ1) is 17.4. The molecule has 1 aromatic heterocycles. The van der Waals surface area contributed by atoms with Gasteiger partial charge in [-0.1, -0.05) is 25.5 Å². The van der Waals surface area contributed by atoms with Crippen LogP contribution in [0.4, 0.5) is 5.69 Å². The van der Waals surface area contributed by atoms with Crippen molar-refractivity contribution in [3.05, 3.63) is 46.4 Å². The van der Waals surface area contributed by atoms with E-state index in [0.29, 0.717) is 24.5 Å². The Bertz CT molecular complexity index is 815. The van der Waals surface area contributed by atoms with E-state index in [1.165, 1.54) is 6.07 Å². The van der Waals surface area contributed by atoms with Gasteiger partial charge in [-0.25, -0.2) is 4.98 Å². The third-order valence-electron chi connectivity index (χ3n) is 4.86. The molecule has 1 aromatic carbocycles. The van der Waals surface area contributed by atoms with Gasteiger partial charge in [-0.15, -0.1) is 0 Å². The molecule has 1 saturated carbocycles. The zero-order chi connectivity index (χ0) is 17.8. The summed E-state index contributed by atoms with van der Waals surface area (Å²) in [6.07, 6.45) is 3.65. The van der Waals surface area contributed by atoms with E-state index in [2.05, 4.69) is 15.3 Å². The second-order valence-electron chi connectivity index (χ2n) is 6.54. The molecule has 0 aliphatic heterocycles. The maximum absolute atomic E-state index is 12.5. The molecule has 1 amide bonds. The average molecular weight is 340 g/mol. The van der Waals surface area contributed by atoms with Crippen LogP contribution in [0, 0.1) is 11.8 Å². The number of rotatable bonds is 5. The zero-order valence-electron chi connectivity index (χ0n) is 14.4. The first-order valence-electron chi connectivity index (χ1n) is 8.82. The molecular weight excluding hydrogens is 316 g/mol. The van der Waals surface area contributed by atoms with Crippen LogP contribution in [0.25, 0.3) is 11.4 Å². The lowest BCUT2D eigenvalue weighted by atomic mass is 9.95. The number of carbonyl (C=O) groups excluding carboxylic acids is 1. The van der Waals surface area contributed by atoms with Crippen LogP contribution in [-0.4, -0.2) is 22.4 Å². The van der Waals surface area contributed by atoms with Gasteiger partial charge in [-0.3, -0.25) is 9.59 Å². The number of aromatic nitrogens is 2. The summed E-state index contributed by atoms with van der Waals surface area (Å²) in [5.74, 6) is 0.785. The minimum Gasteiger partial charge on any atom is -0.330 e. The van der Waals surface area contributed by atoms with Crippen LogP contribution in [0.15, 0.2) is 35.1 Å². The summed E-state index contributed by atoms with van der Waals surface area (Å²) >= 11 is 0. The van der Waals surface area contributed by atoms with Crippen LogP contribution < -0.4 is 16.6 Å². The first-order chi connectivity index (χ1) is 12.1. The SMILES string of the molecule is CCc1cc(=O)[nH]c(-c2cccc(NC(=O)[C@@H]3CCC[C@@H]3CN)c2)n1. The van der Waals surface area contributed by atoms with Crippen molar-refractivity contribution in [1.29, 1.82) is 0 Å². The lowest BCUT2D eigenvalue weighted by molar-refractivity contribution is -0.120. The van der Waals surface area contributed by atoms with Gasteiger partial charge in [0.05, 0.1) is 0 Å². The zero-order valence-corrected chi connectivity index (χ0v) is 14.4. The van der Waals surface area contributed by atoms with Gasteiger partial charge in [0.2, 0.25) is 5.91 Å². The fourth-order valence-electron chi connectivity index (χ4n) is 3.47. The maximum atomic E-state index is 12.5. The van der Waals surface area contributed by atoms with Gasteiger partial charge < -0.3 is 16.0 Å². The molecule has 1 heterocycles. The average Bonchev–Trinajstić information content (AvgIpc) is 3.10. The maximum Gasteiger partial charge on any atom is 0.251 e. The molecule has 0 saturated heterocycles. The molecule has 0 unspecified atom stereocenters. The van der Waals surface area contributed by atoms with Crippen molar-refractivity contribution in [1.82, 2.24) is 9.97 Å². The normalized spacial score (nSPS) is 19.8. The smallest absolute Gasteiger partial charge is 0.251 e. The van der Waals surface area contributed by atoms with Gasteiger partial charge in [-0.2, -0.15) is 0 Å². The lowest BCUT2D eigenvalue weighted by Gasteiger charge is -2.17. The highest BCUT2D eigenvalue weighted by atomic mass is 16.2. The third-order valence-corrected chi connectivity index (χ3v) is 4.86. The minimum absolute atomic E-state index is 0.0185. The van der Waals surface area contributed by atoms with Crippen molar-refractivity contribution < 1.29 is 4.79 Å². The monoisotopic (exact) mass is 340 g/mol. The molecule has 6 heteroatoms. The Morgan fingerprint density at radius 2 is 2.20 bits per heavy atom. The lowest BCUT2D eigenvalue weighted by Crippen LogP contribution is -2.29. The van der Waals surface area contributed by atoms with Crippen LogP contribution in [0.5, 0.6) is 0 Å². The molecule has 3 rings (SSSR count). The number of hydrogen-bond acceptors (Lipinski definition) is 4. The molecule has 1 aliphatic rings. The highest BCUT2D eigenvalue weighted by Crippen LogP contribution is 2.32. The quantitative estimate of drug-likeness (QED) is 0.777. The van der Waals surface area contributed by atoms with Crippen LogP contribution >= 0.6 is 0 Å². The number of carbonyl (C=O) groups is 1. The number of nitrogens with zero attached hydrogens (tertiary/aromatic N) is 1. The van der Waals surface area contributed by atoms with E-state index in [9.17, 15) is 9.59 Å². The molecule has 1 aliphatic carbocycles. The van der Waals surface area contributed by atoms with E-state index in [0.717, 1.165) is 30.5 Å². The predicted octanol–water partition coefficient (Wildman–Crippen LogP) is 2.31. The van der Waals surface area contributed by atoms with Crippen molar-refractivity contribution in [3.8, 4) is 11.4 Å². The van der Waals surface area contributed by atoms with Gasteiger partial charge in [0.25, 0.3) is 5.56 Å². The van der Waals surface area contributed by atoms with Crippen molar-refractivity contribution >= 4 is 11.6 Å². The molecule has 1 fully saturated rings. The fraction of sp³-hybridized carbons (Fsp3) is 0.421. The summed E-state index contributed by atoms with van der Waals surface area (Å²) in [7, 11) is 0. The number of nitrogens with two attached hydrogens (primary N) is 1. The van der Waals surface area contributed by atoms with E-state index in [4.69, 9.17) is 5.73 Å². The number of amides is 1. The largest absolute Gasteiger partial charge is 0.330 e. The molecule has 6 nitrogen and oxygen atoms in total. The van der Waals surface area contributed by atoms with Crippen LogP contribution in [0.2, 0.25) is 0 Å². The van der Waals surface area contributed by atoms with Gasteiger partial charge in [-0.05, 0) is 43.9 Å². The summed E-state index contributed by atoms with van der Waals surface area (Å²) in [5, 5.41) is 2.99. The summed E-state index contributed by atoms with van der Waals surface area (Å²) in [4.78, 5) is 31.5. The van der Waals surface area contributed by atoms with Gasteiger partial charge >= 0.3 is 0 Å². The van der Waals surface area contributed by atoms with Crippen LogP contribution in [0.3, 0.4) is 0 Å². The number of benzene rings is 1. The molecule has 0 spiro atoms. The third kappa shape index (κ3) is 3.96. The Hall–Kier alpha value is -2.47. The summed E-state index contributed by atoms with van der Waals surface area (Å²) < 4.78 is 0. The Kier molecular flexibility index (Phi) is 5.28. The number of nitrogens with one attached hydrogen (secondary N) is 2. The molecule has 2 aromatic rings. The molecular formula is C19H24N4O2. The van der Waals surface area contributed by atoms with E-state index >= 15 is 0 Å². The second kappa shape index (κ2) is 7.61. The summed E-state index contributed by atoms with van der Waals surface area (Å²) in [5.41, 5.74) is 7.82. The Morgan fingerprint density at radius 1 is 1.36 bits per heavy atom. The van der Waals surface area contributed by atoms with E-state index < -0.39 is 0 Å². The molecule has 0 bridgehead atoms. The molecule has 132 valence electrons. The van der Waals surface area contributed by atoms with Crippen molar-refractivity contribution in [3.63, 3.8) is 0 Å². The number of aryl methyl sites for hydroxylation is 1. The Morgan fingerprint density at radius 3 is 2.96 bits per heavy atom. The van der Waals surface area contributed by atoms with Gasteiger partial charge in [0.1, 0.15) is 5.82 Å². The highest BCUT2D eigenvalue weighted by molar-refractivity contribution is 5.93. The fourth-order valence-corrected chi connectivity index (χ4v) is 3.47. The highest BCUT2D eigenvalue weighted by Gasteiger charge is 2.31. The topological polar surface area (TPSA) is 101 Å². The number of hydrogen-bond donors (Lipinski definition) is 3.